The summed E-state index contributed by atoms with van der Waals surface area (Å²) < 4.78 is 16.3. The highest BCUT2D eigenvalue weighted by Crippen LogP contribution is 2.17. The van der Waals surface area contributed by atoms with E-state index in [0.717, 1.165) is 11.9 Å². The predicted octanol–water partition coefficient (Wildman–Crippen LogP) is 3.60. The van der Waals surface area contributed by atoms with Crippen molar-refractivity contribution < 1.29 is 23.8 Å². The molecule has 1 amide bonds. The molecule has 0 saturated carbocycles. The second-order valence-corrected chi connectivity index (χ2v) is 7.53. The van der Waals surface area contributed by atoms with E-state index in [2.05, 4.69) is 34.5 Å². The number of benzene rings is 1. The van der Waals surface area contributed by atoms with Crippen molar-refractivity contribution in [1.29, 1.82) is 0 Å². The number of para-hydroxylation sites is 1. The normalized spacial score (nSPS) is 12.2. The molecule has 1 aromatic carbocycles. The van der Waals surface area contributed by atoms with Crippen molar-refractivity contribution in [1.82, 2.24) is 15.8 Å². The van der Waals surface area contributed by atoms with Crippen molar-refractivity contribution in [2.75, 3.05) is 38.1 Å². The van der Waals surface area contributed by atoms with Crippen LogP contribution in [0, 0.1) is 0 Å². The Hall–Kier alpha value is -2.04. The van der Waals surface area contributed by atoms with Gasteiger partial charge in [-0.2, -0.15) is 0 Å². The number of H-pyrrole nitrogens is 1. The summed E-state index contributed by atoms with van der Waals surface area (Å²) in [4.78, 5) is 20.8. The molecular weight excluding hydrogens is 418 g/mol. The molecule has 172 valence electrons. The maximum Gasteiger partial charge on any atom is 0.407 e. The molecule has 1 aromatic heterocycles. The molecule has 0 radical (unpaired) electrons. The molecule has 0 aliphatic carbocycles. The Labute approximate surface area is 188 Å². The number of carbonyl (C=O) groups excluding carboxylic acids is 1. The number of rotatable bonds is 16. The molecule has 9 heteroatoms. The van der Waals surface area contributed by atoms with Gasteiger partial charge in [0.2, 0.25) is 0 Å². The van der Waals surface area contributed by atoms with Gasteiger partial charge in [0.25, 0.3) is 0 Å². The number of ether oxygens (including phenoxy) is 3. The Bertz CT molecular complexity index is 779. The summed E-state index contributed by atoms with van der Waals surface area (Å²) in [5.74, 6) is 0.955. The van der Waals surface area contributed by atoms with Crippen molar-refractivity contribution >= 4 is 28.8 Å². The van der Waals surface area contributed by atoms with Crippen LogP contribution in [0.1, 0.15) is 19.4 Å². The molecule has 0 fully saturated rings. The van der Waals surface area contributed by atoms with Gasteiger partial charge >= 0.3 is 6.09 Å². The van der Waals surface area contributed by atoms with Crippen molar-refractivity contribution in [3.8, 4) is 0 Å². The van der Waals surface area contributed by atoms with Gasteiger partial charge < -0.3 is 24.5 Å². The van der Waals surface area contributed by atoms with Gasteiger partial charge in [0.1, 0.15) is 12.5 Å². The highest BCUT2D eigenvalue weighted by Gasteiger charge is 2.25. The van der Waals surface area contributed by atoms with E-state index < -0.39 is 12.4 Å². The number of hydrogen-bond acceptors (Lipinski definition) is 7. The molecule has 0 aliphatic heterocycles. The zero-order valence-electron chi connectivity index (χ0n) is 18.2. The number of hydroxylamine groups is 1. The Morgan fingerprint density at radius 2 is 2.03 bits per heavy atom. The molecule has 2 rings (SSSR count). The predicted molar refractivity (Wildman–Crippen MR) is 124 cm³/mol. The van der Waals surface area contributed by atoms with E-state index >= 15 is 0 Å². The van der Waals surface area contributed by atoms with Crippen LogP contribution in [0.2, 0.25) is 0 Å². The molecule has 0 bridgehead atoms. The average Bonchev–Trinajstić information content (AvgIpc) is 3.19. The second-order valence-electron chi connectivity index (χ2n) is 6.55. The maximum atomic E-state index is 12.0. The van der Waals surface area contributed by atoms with Crippen molar-refractivity contribution in [2.24, 2.45) is 0 Å². The van der Waals surface area contributed by atoms with E-state index in [1.807, 2.05) is 32.2 Å². The summed E-state index contributed by atoms with van der Waals surface area (Å²) >= 11 is 1.52. The van der Waals surface area contributed by atoms with E-state index in [-0.39, 0.29) is 12.6 Å². The summed E-state index contributed by atoms with van der Waals surface area (Å²) in [5, 5.41) is 4.03. The zero-order valence-corrected chi connectivity index (χ0v) is 19.0. The summed E-state index contributed by atoms with van der Waals surface area (Å²) in [6, 6.07) is 7.85. The largest absolute Gasteiger partial charge is 0.445 e. The highest BCUT2D eigenvalue weighted by molar-refractivity contribution is 7.99. The van der Waals surface area contributed by atoms with Crippen LogP contribution >= 0.6 is 11.8 Å². The first kappa shape index (κ1) is 25.2. The fraction of sp³-hybridized carbons (Fsp3) is 0.500. The molecule has 8 nitrogen and oxygen atoms in total. The molecule has 1 unspecified atom stereocenters. The lowest BCUT2D eigenvalue weighted by atomic mass is 10.1. The third-order valence-electron chi connectivity index (χ3n) is 4.34. The number of alkyl carbamates (subject to hydrolysis) is 1. The number of hydrogen-bond donors (Lipinski definition) is 3. The molecular formula is C22H33N3O5S. The van der Waals surface area contributed by atoms with Crippen molar-refractivity contribution in [3.63, 3.8) is 0 Å². The van der Waals surface area contributed by atoms with Crippen LogP contribution < -0.4 is 10.8 Å². The molecule has 1 heterocycles. The van der Waals surface area contributed by atoms with E-state index in [0.29, 0.717) is 31.5 Å². The minimum Gasteiger partial charge on any atom is -0.445 e. The van der Waals surface area contributed by atoms with Gasteiger partial charge in [0.05, 0.1) is 6.04 Å². The number of fused-ring (bicyclic) bond motifs is 1. The van der Waals surface area contributed by atoms with Gasteiger partial charge in [-0.3, -0.25) is 4.84 Å². The van der Waals surface area contributed by atoms with Crippen molar-refractivity contribution in [3.05, 3.63) is 48.7 Å². The fourth-order valence-electron chi connectivity index (χ4n) is 2.98. The quantitative estimate of drug-likeness (QED) is 0.155. The van der Waals surface area contributed by atoms with Crippen LogP contribution in [0.4, 0.5) is 4.79 Å². The first-order chi connectivity index (χ1) is 15.2. The third kappa shape index (κ3) is 8.92. The van der Waals surface area contributed by atoms with E-state index in [1.165, 1.54) is 28.8 Å². The van der Waals surface area contributed by atoms with Crippen LogP contribution in [0.25, 0.3) is 10.9 Å². The minimum atomic E-state index is -0.561. The van der Waals surface area contributed by atoms with E-state index in [4.69, 9.17) is 19.0 Å². The Morgan fingerprint density at radius 3 is 2.77 bits per heavy atom. The molecule has 3 N–H and O–H groups in total. The van der Waals surface area contributed by atoms with Crippen LogP contribution in [-0.2, 0) is 25.5 Å². The first-order valence-corrected chi connectivity index (χ1v) is 11.6. The maximum absolute atomic E-state index is 12.0. The van der Waals surface area contributed by atoms with E-state index in [9.17, 15) is 4.79 Å². The van der Waals surface area contributed by atoms with Crippen LogP contribution in [0.15, 0.2) is 43.1 Å². The highest BCUT2D eigenvalue weighted by atomic mass is 32.2. The third-order valence-corrected chi connectivity index (χ3v) is 5.22. The number of carbonyl (C=O) groups is 1. The standard InChI is InChI=1S/C22H33N3O5S/c1-4-13-29-22(26)25-20(21(27-5-2)28-6-3)15-31-16-30-24-12-11-17-14-23-19-10-8-7-9-18(17)19/h4,7-10,14,20-21,23-24H,1,5-6,11-13,15-16H2,2-3H3,(H,25,26). The number of aromatic nitrogens is 1. The topological polar surface area (TPSA) is 93.8 Å². The molecule has 0 aliphatic rings. The molecule has 31 heavy (non-hydrogen) atoms. The van der Waals surface area contributed by atoms with Gasteiger partial charge in [-0.25, -0.2) is 10.3 Å². The van der Waals surface area contributed by atoms with Crippen LogP contribution in [0.5, 0.6) is 0 Å². The average molecular weight is 452 g/mol. The summed E-state index contributed by atoms with van der Waals surface area (Å²) in [7, 11) is 0. The number of thioether (sulfide) groups is 1. The lowest BCUT2D eigenvalue weighted by Gasteiger charge is -2.27. The van der Waals surface area contributed by atoms with Crippen LogP contribution in [-0.4, -0.2) is 61.5 Å². The van der Waals surface area contributed by atoms with Gasteiger partial charge in [0, 0.05) is 42.6 Å². The molecule has 0 saturated heterocycles. The minimum absolute atomic E-state index is 0.142. The van der Waals surface area contributed by atoms with Crippen molar-refractivity contribution in [2.45, 2.75) is 32.6 Å². The summed E-state index contributed by atoms with van der Waals surface area (Å²) in [6.07, 6.45) is 3.30. The lowest BCUT2D eigenvalue weighted by molar-refractivity contribution is -0.149. The van der Waals surface area contributed by atoms with Gasteiger partial charge in [0.15, 0.2) is 6.29 Å². The molecule has 1 atom stereocenters. The Morgan fingerprint density at radius 1 is 1.26 bits per heavy atom. The second kappa shape index (κ2) is 14.9. The molecule has 0 spiro atoms. The van der Waals surface area contributed by atoms with Gasteiger partial charge in [-0.15, -0.1) is 11.8 Å². The SMILES string of the molecule is C=CCOC(=O)NC(CSCONCCc1c[nH]c2ccccc12)C(OCC)OCC. The number of nitrogens with one attached hydrogen (secondary N) is 3. The van der Waals surface area contributed by atoms with E-state index in [1.54, 1.807) is 0 Å². The van der Waals surface area contributed by atoms with Crippen LogP contribution in [0.3, 0.4) is 0 Å². The Kier molecular flexibility index (Phi) is 12.1. The number of aromatic amines is 1. The first-order valence-electron chi connectivity index (χ1n) is 10.4. The summed E-state index contributed by atoms with van der Waals surface area (Å²) in [5.41, 5.74) is 5.37. The number of amides is 1. The molecule has 2 aromatic rings. The lowest BCUT2D eigenvalue weighted by Crippen LogP contribution is -2.48. The van der Waals surface area contributed by atoms with Gasteiger partial charge in [-0.1, -0.05) is 30.9 Å². The zero-order chi connectivity index (χ0) is 22.3. The summed E-state index contributed by atoms with van der Waals surface area (Å²) in [6.45, 7) is 9.08. The monoisotopic (exact) mass is 451 g/mol. The fourth-order valence-corrected chi connectivity index (χ4v) is 3.74. The smallest absolute Gasteiger partial charge is 0.407 e. The van der Waals surface area contributed by atoms with Gasteiger partial charge in [-0.05, 0) is 31.9 Å². The Balaban J connectivity index is 1.71.